The number of carbonyl (C=O) groups is 1. The molecule has 1 aromatic carbocycles. The van der Waals surface area contributed by atoms with Gasteiger partial charge in [0.25, 0.3) is 5.91 Å². The van der Waals surface area contributed by atoms with Crippen LogP contribution < -0.4 is 10.1 Å². The molecule has 1 rings (SSSR count). The van der Waals surface area contributed by atoms with E-state index in [-0.39, 0.29) is 11.3 Å². The molecule has 0 aromatic heterocycles. The quantitative estimate of drug-likeness (QED) is 0.864. The van der Waals surface area contributed by atoms with Crippen molar-refractivity contribution in [3.8, 4) is 11.8 Å². The van der Waals surface area contributed by atoms with Crippen LogP contribution in [0, 0.1) is 23.7 Å². The molecule has 0 unspecified atom stereocenters. The third kappa shape index (κ3) is 4.35. The summed E-state index contributed by atoms with van der Waals surface area (Å²) in [6.45, 7) is 8.24. The molecule has 21 heavy (non-hydrogen) atoms. The monoisotopic (exact) mass is 286 g/mol. The molecule has 0 aliphatic heterocycles. The molecule has 0 spiro atoms. The molecule has 0 saturated carbocycles. The lowest BCUT2D eigenvalue weighted by atomic mass is 9.86. The van der Waals surface area contributed by atoms with Gasteiger partial charge >= 0.3 is 0 Å². The number of allylic oxidation sites excluding steroid dienone is 1. The fraction of sp³-hybridized carbons (Fsp3) is 0.412. The van der Waals surface area contributed by atoms with E-state index in [2.05, 4.69) is 5.32 Å². The fourth-order valence-electron chi connectivity index (χ4n) is 1.96. The van der Waals surface area contributed by atoms with Crippen LogP contribution in [-0.4, -0.2) is 19.6 Å². The van der Waals surface area contributed by atoms with Gasteiger partial charge in [0.1, 0.15) is 5.75 Å². The zero-order valence-corrected chi connectivity index (χ0v) is 13.3. The normalized spacial score (nSPS) is 11.7. The Morgan fingerprint density at radius 2 is 2.10 bits per heavy atom. The molecule has 0 atom stereocenters. The molecule has 0 radical (unpaired) electrons. The SMILES string of the molecule is COc1cccc(C(=O)NC/C(=C\C#N)C(C)(C)C)c1C. The number of rotatable bonds is 4. The maximum Gasteiger partial charge on any atom is 0.251 e. The van der Waals surface area contributed by atoms with E-state index in [1.165, 1.54) is 6.08 Å². The molecule has 0 fully saturated rings. The van der Waals surface area contributed by atoms with Gasteiger partial charge in [-0.05, 0) is 30.0 Å². The highest BCUT2D eigenvalue weighted by Gasteiger charge is 2.19. The first kappa shape index (κ1) is 16.8. The Bertz CT molecular complexity index is 590. The summed E-state index contributed by atoms with van der Waals surface area (Å²) in [5, 5.41) is 11.7. The predicted octanol–water partition coefficient (Wildman–Crippen LogP) is 3.23. The predicted molar refractivity (Wildman–Crippen MR) is 83.2 cm³/mol. The van der Waals surface area contributed by atoms with E-state index in [9.17, 15) is 4.79 Å². The van der Waals surface area contributed by atoms with Gasteiger partial charge in [0.15, 0.2) is 0 Å². The van der Waals surface area contributed by atoms with Crippen LogP contribution in [-0.2, 0) is 0 Å². The van der Waals surface area contributed by atoms with Crippen LogP contribution in [0.25, 0.3) is 0 Å². The smallest absolute Gasteiger partial charge is 0.251 e. The third-order valence-electron chi connectivity index (χ3n) is 3.39. The summed E-state index contributed by atoms with van der Waals surface area (Å²) in [7, 11) is 1.58. The van der Waals surface area contributed by atoms with Crippen molar-refractivity contribution in [1.82, 2.24) is 5.32 Å². The van der Waals surface area contributed by atoms with Gasteiger partial charge in [-0.1, -0.05) is 26.8 Å². The molecule has 4 heteroatoms. The first-order valence-electron chi connectivity index (χ1n) is 6.82. The molecule has 0 bridgehead atoms. The second kappa shape index (κ2) is 6.94. The van der Waals surface area contributed by atoms with Gasteiger partial charge in [-0.25, -0.2) is 0 Å². The average Bonchev–Trinajstić information content (AvgIpc) is 2.42. The van der Waals surface area contributed by atoms with Crippen LogP contribution >= 0.6 is 0 Å². The molecule has 1 aromatic rings. The zero-order chi connectivity index (χ0) is 16.0. The van der Waals surface area contributed by atoms with E-state index < -0.39 is 0 Å². The first-order valence-corrected chi connectivity index (χ1v) is 6.82. The molecule has 0 aliphatic carbocycles. The number of hydrogen-bond donors (Lipinski definition) is 1. The van der Waals surface area contributed by atoms with Crippen molar-refractivity contribution in [3.63, 3.8) is 0 Å². The van der Waals surface area contributed by atoms with E-state index in [0.29, 0.717) is 17.9 Å². The van der Waals surface area contributed by atoms with E-state index in [1.54, 1.807) is 19.2 Å². The second-order valence-corrected chi connectivity index (χ2v) is 5.86. The number of carbonyl (C=O) groups excluding carboxylic acids is 1. The number of benzene rings is 1. The van der Waals surface area contributed by atoms with Crippen molar-refractivity contribution in [3.05, 3.63) is 41.0 Å². The molecule has 0 aliphatic rings. The van der Waals surface area contributed by atoms with Gasteiger partial charge in [0.05, 0.1) is 13.2 Å². The Labute approximate surface area is 126 Å². The topological polar surface area (TPSA) is 62.1 Å². The molecule has 1 N–H and O–H groups in total. The number of ether oxygens (including phenoxy) is 1. The van der Waals surface area contributed by atoms with Crippen molar-refractivity contribution in [2.24, 2.45) is 5.41 Å². The summed E-state index contributed by atoms with van der Waals surface area (Å²) in [6.07, 6.45) is 1.50. The zero-order valence-electron chi connectivity index (χ0n) is 13.3. The van der Waals surface area contributed by atoms with Gasteiger partial charge in [-0.15, -0.1) is 0 Å². The van der Waals surface area contributed by atoms with Crippen LogP contribution in [0.2, 0.25) is 0 Å². The highest BCUT2D eigenvalue weighted by Crippen LogP contribution is 2.25. The van der Waals surface area contributed by atoms with Crippen molar-refractivity contribution < 1.29 is 9.53 Å². The Hall–Kier alpha value is -2.28. The lowest BCUT2D eigenvalue weighted by Crippen LogP contribution is -2.30. The minimum absolute atomic E-state index is 0.160. The number of methoxy groups -OCH3 is 1. The van der Waals surface area contributed by atoms with Gasteiger partial charge in [-0.2, -0.15) is 5.26 Å². The molecule has 0 saturated heterocycles. The highest BCUT2D eigenvalue weighted by molar-refractivity contribution is 5.96. The second-order valence-electron chi connectivity index (χ2n) is 5.86. The maximum atomic E-state index is 12.3. The van der Waals surface area contributed by atoms with Crippen molar-refractivity contribution >= 4 is 5.91 Å². The number of hydrogen-bond acceptors (Lipinski definition) is 3. The minimum atomic E-state index is -0.167. The molecule has 112 valence electrons. The van der Waals surface area contributed by atoms with Gasteiger partial charge in [-0.3, -0.25) is 4.79 Å². The first-order chi connectivity index (χ1) is 9.81. The van der Waals surface area contributed by atoms with Crippen LogP contribution in [0.15, 0.2) is 29.8 Å². The summed E-state index contributed by atoms with van der Waals surface area (Å²) in [5.41, 5.74) is 2.12. The van der Waals surface area contributed by atoms with Crippen LogP contribution in [0.3, 0.4) is 0 Å². The summed E-state index contributed by atoms with van der Waals surface area (Å²) in [5.74, 6) is 0.519. The van der Waals surface area contributed by atoms with Crippen molar-refractivity contribution in [2.45, 2.75) is 27.7 Å². The summed E-state index contributed by atoms with van der Waals surface area (Å²) in [6, 6.07) is 7.41. The van der Waals surface area contributed by atoms with Gasteiger partial charge in [0, 0.05) is 23.7 Å². The molecule has 4 nitrogen and oxygen atoms in total. The summed E-state index contributed by atoms with van der Waals surface area (Å²) >= 11 is 0. The van der Waals surface area contributed by atoms with E-state index in [1.807, 2.05) is 39.8 Å². The average molecular weight is 286 g/mol. The fourth-order valence-corrected chi connectivity index (χ4v) is 1.96. The van der Waals surface area contributed by atoms with E-state index in [4.69, 9.17) is 10.00 Å². The van der Waals surface area contributed by atoms with Crippen LogP contribution in [0.5, 0.6) is 5.75 Å². The third-order valence-corrected chi connectivity index (χ3v) is 3.39. The standard InChI is InChI=1S/C17H22N2O2/c1-12-14(7-6-8-15(12)21-5)16(20)19-11-13(9-10-18)17(2,3)4/h6-9H,11H2,1-5H3,(H,19,20)/b13-9+. The molecular weight excluding hydrogens is 264 g/mol. The Morgan fingerprint density at radius 1 is 1.43 bits per heavy atom. The molecular formula is C17H22N2O2. The lowest BCUT2D eigenvalue weighted by Gasteiger charge is -2.22. The highest BCUT2D eigenvalue weighted by atomic mass is 16.5. The van der Waals surface area contributed by atoms with Crippen LogP contribution in [0.4, 0.5) is 0 Å². The summed E-state index contributed by atoms with van der Waals surface area (Å²) < 4.78 is 5.22. The number of nitrogens with zero attached hydrogens (tertiary/aromatic N) is 1. The number of nitriles is 1. The Morgan fingerprint density at radius 3 is 2.62 bits per heavy atom. The van der Waals surface area contributed by atoms with Gasteiger partial charge in [0.2, 0.25) is 0 Å². The minimum Gasteiger partial charge on any atom is -0.496 e. The molecule has 0 heterocycles. The van der Waals surface area contributed by atoms with Crippen LogP contribution in [0.1, 0.15) is 36.7 Å². The van der Waals surface area contributed by atoms with E-state index in [0.717, 1.165) is 11.1 Å². The number of amides is 1. The number of nitrogens with one attached hydrogen (secondary N) is 1. The Kier molecular flexibility index (Phi) is 5.54. The summed E-state index contributed by atoms with van der Waals surface area (Å²) in [4.78, 5) is 12.3. The molecule has 1 amide bonds. The van der Waals surface area contributed by atoms with E-state index >= 15 is 0 Å². The van der Waals surface area contributed by atoms with Crippen molar-refractivity contribution in [2.75, 3.05) is 13.7 Å². The Balaban J connectivity index is 2.88. The lowest BCUT2D eigenvalue weighted by molar-refractivity contribution is 0.0954. The largest absolute Gasteiger partial charge is 0.496 e. The van der Waals surface area contributed by atoms with Gasteiger partial charge < -0.3 is 10.1 Å². The maximum absolute atomic E-state index is 12.3. The van der Waals surface area contributed by atoms with Crippen molar-refractivity contribution in [1.29, 1.82) is 5.26 Å².